The molecule has 1 atom stereocenters. The SMILES string of the molecule is CCS(=O)(=O)NCCN1CCCC1Cc1ccccc1OC. The van der Waals surface area contributed by atoms with Crippen LogP contribution in [-0.2, 0) is 16.4 Å². The van der Waals surface area contributed by atoms with Gasteiger partial charge in [0, 0.05) is 19.1 Å². The molecule has 0 bridgehead atoms. The minimum Gasteiger partial charge on any atom is -0.496 e. The average molecular weight is 326 g/mol. The largest absolute Gasteiger partial charge is 0.496 e. The molecular weight excluding hydrogens is 300 g/mol. The van der Waals surface area contributed by atoms with E-state index >= 15 is 0 Å². The summed E-state index contributed by atoms with van der Waals surface area (Å²) in [5.74, 6) is 1.07. The highest BCUT2D eigenvalue weighted by Crippen LogP contribution is 2.25. The number of rotatable bonds is 8. The van der Waals surface area contributed by atoms with Gasteiger partial charge in [0.15, 0.2) is 0 Å². The van der Waals surface area contributed by atoms with Crippen LogP contribution in [0.4, 0.5) is 0 Å². The first kappa shape index (κ1) is 17.2. The van der Waals surface area contributed by atoms with Crippen LogP contribution in [0.5, 0.6) is 5.75 Å². The second kappa shape index (κ2) is 7.94. The van der Waals surface area contributed by atoms with Gasteiger partial charge in [0.1, 0.15) is 5.75 Å². The minimum atomic E-state index is -3.09. The maximum absolute atomic E-state index is 11.5. The van der Waals surface area contributed by atoms with Crippen LogP contribution < -0.4 is 9.46 Å². The number of sulfonamides is 1. The lowest BCUT2D eigenvalue weighted by atomic mass is 10.0. The zero-order chi connectivity index (χ0) is 16.0. The van der Waals surface area contributed by atoms with Crippen molar-refractivity contribution in [1.82, 2.24) is 9.62 Å². The molecule has 124 valence electrons. The molecule has 6 heteroatoms. The van der Waals surface area contributed by atoms with E-state index in [1.165, 1.54) is 12.0 Å². The number of nitrogens with zero attached hydrogens (tertiary/aromatic N) is 1. The first-order chi connectivity index (χ1) is 10.6. The van der Waals surface area contributed by atoms with Crippen LogP contribution in [0, 0.1) is 0 Å². The van der Waals surface area contributed by atoms with Gasteiger partial charge in [-0.1, -0.05) is 18.2 Å². The molecule has 0 spiro atoms. The summed E-state index contributed by atoms with van der Waals surface area (Å²) in [7, 11) is -1.40. The number of methoxy groups -OCH3 is 1. The summed E-state index contributed by atoms with van der Waals surface area (Å²) in [6, 6.07) is 8.57. The fourth-order valence-corrected chi connectivity index (χ4v) is 3.60. The van der Waals surface area contributed by atoms with Crippen molar-refractivity contribution in [2.75, 3.05) is 32.5 Å². The van der Waals surface area contributed by atoms with Gasteiger partial charge in [-0.05, 0) is 44.4 Å². The van der Waals surface area contributed by atoms with Crippen molar-refractivity contribution in [2.24, 2.45) is 0 Å². The molecule has 0 aliphatic carbocycles. The quantitative estimate of drug-likeness (QED) is 0.789. The highest BCUT2D eigenvalue weighted by Gasteiger charge is 2.25. The molecule has 0 saturated carbocycles. The predicted molar refractivity (Wildman–Crippen MR) is 88.8 cm³/mol. The van der Waals surface area contributed by atoms with Gasteiger partial charge in [-0.15, -0.1) is 0 Å². The Morgan fingerprint density at radius 2 is 2.14 bits per heavy atom. The lowest BCUT2D eigenvalue weighted by molar-refractivity contribution is 0.255. The summed E-state index contributed by atoms with van der Waals surface area (Å²) in [5, 5.41) is 0. The minimum absolute atomic E-state index is 0.137. The highest BCUT2D eigenvalue weighted by molar-refractivity contribution is 7.89. The van der Waals surface area contributed by atoms with Crippen molar-refractivity contribution >= 4 is 10.0 Å². The number of hydrogen-bond acceptors (Lipinski definition) is 4. The highest BCUT2D eigenvalue weighted by atomic mass is 32.2. The van der Waals surface area contributed by atoms with Gasteiger partial charge in [-0.25, -0.2) is 13.1 Å². The summed E-state index contributed by atoms with van der Waals surface area (Å²) in [6.45, 7) is 3.94. The second-order valence-electron chi connectivity index (χ2n) is 5.65. The van der Waals surface area contributed by atoms with E-state index in [1.807, 2.05) is 18.2 Å². The van der Waals surface area contributed by atoms with E-state index in [4.69, 9.17) is 4.74 Å². The van der Waals surface area contributed by atoms with Crippen LogP contribution in [-0.4, -0.2) is 51.9 Å². The summed E-state index contributed by atoms with van der Waals surface area (Å²) in [4.78, 5) is 2.38. The van der Waals surface area contributed by atoms with Gasteiger partial charge in [-0.2, -0.15) is 0 Å². The molecule has 1 fully saturated rings. The zero-order valence-corrected chi connectivity index (χ0v) is 14.2. The fourth-order valence-electron chi connectivity index (χ4n) is 2.99. The Labute approximate surface area is 133 Å². The molecular formula is C16H26N2O3S. The number of benzene rings is 1. The third-order valence-corrected chi connectivity index (χ3v) is 5.65. The molecule has 0 amide bonds. The molecule has 2 rings (SSSR count). The molecule has 1 heterocycles. The summed E-state index contributed by atoms with van der Waals surface area (Å²) in [6.07, 6.45) is 3.27. The summed E-state index contributed by atoms with van der Waals surface area (Å²) in [5.41, 5.74) is 1.22. The zero-order valence-electron chi connectivity index (χ0n) is 13.4. The number of ether oxygens (including phenoxy) is 1. The molecule has 1 aliphatic rings. The first-order valence-corrected chi connectivity index (χ1v) is 9.54. The second-order valence-corrected chi connectivity index (χ2v) is 7.74. The van der Waals surface area contributed by atoms with Gasteiger partial charge < -0.3 is 4.74 Å². The maximum Gasteiger partial charge on any atom is 0.211 e. The van der Waals surface area contributed by atoms with Crippen molar-refractivity contribution in [3.8, 4) is 5.75 Å². The number of likely N-dealkylation sites (tertiary alicyclic amines) is 1. The number of nitrogens with one attached hydrogen (secondary N) is 1. The van der Waals surface area contributed by atoms with Crippen LogP contribution in [0.3, 0.4) is 0 Å². The molecule has 22 heavy (non-hydrogen) atoms. The summed E-state index contributed by atoms with van der Waals surface area (Å²) >= 11 is 0. The van der Waals surface area contributed by atoms with Crippen molar-refractivity contribution in [2.45, 2.75) is 32.2 Å². The van der Waals surface area contributed by atoms with Crippen LogP contribution in [0.1, 0.15) is 25.3 Å². The lowest BCUT2D eigenvalue weighted by Crippen LogP contribution is -2.38. The lowest BCUT2D eigenvalue weighted by Gasteiger charge is -2.25. The Morgan fingerprint density at radius 1 is 1.36 bits per heavy atom. The van der Waals surface area contributed by atoms with E-state index < -0.39 is 10.0 Å². The molecule has 1 N–H and O–H groups in total. The van der Waals surface area contributed by atoms with Gasteiger partial charge >= 0.3 is 0 Å². The van der Waals surface area contributed by atoms with Crippen LogP contribution >= 0.6 is 0 Å². The molecule has 1 unspecified atom stereocenters. The van der Waals surface area contributed by atoms with Crippen LogP contribution in [0.2, 0.25) is 0 Å². The number of para-hydroxylation sites is 1. The molecule has 5 nitrogen and oxygen atoms in total. The molecule has 0 aromatic heterocycles. The Hall–Kier alpha value is -1.11. The smallest absolute Gasteiger partial charge is 0.211 e. The van der Waals surface area contributed by atoms with E-state index in [0.29, 0.717) is 12.6 Å². The van der Waals surface area contributed by atoms with E-state index in [1.54, 1.807) is 14.0 Å². The normalized spacial score (nSPS) is 19.5. The van der Waals surface area contributed by atoms with Gasteiger partial charge in [0.2, 0.25) is 10.0 Å². The van der Waals surface area contributed by atoms with Crippen molar-refractivity contribution in [3.63, 3.8) is 0 Å². The molecule has 1 saturated heterocycles. The first-order valence-electron chi connectivity index (χ1n) is 7.89. The third-order valence-electron chi connectivity index (χ3n) is 4.25. The Balaban J connectivity index is 1.90. The van der Waals surface area contributed by atoms with E-state index in [9.17, 15) is 8.42 Å². The fraction of sp³-hybridized carbons (Fsp3) is 0.625. The summed E-state index contributed by atoms with van der Waals surface area (Å²) < 4.78 is 31.0. The van der Waals surface area contributed by atoms with E-state index in [-0.39, 0.29) is 5.75 Å². The van der Waals surface area contributed by atoms with Gasteiger partial charge in [-0.3, -0.25) is 4.90 Å². The van der Waals surface area contributed by atoms with E-state index in [0.717, 1.165) is 31.7 Å². The van der Waals surface area contributed by atoms with Crippen molar-refractivity contribution in [3.05, 3.63) is 29.8 Å². The average Bonchev–Trinajstić information content (AvgIpc) is 2.95. The maximum atomic E-state index is 11.5. The van der Waals surface area contributed by atoms with E-state index in [2.05, 4.69) is 15.7 Å². The number of hydrogen-bond donors (Lipinski definition) is 1. The molecule has 1 aromatic rings. The van der Waals surface area contributed by atoms with Gasteiger partial charge in [0.25, 0.3) is 0 Å². The Kier molecular flexibility index (Phi) is 6.23. The monoisotopic (exact) mass is 326 g/mol. The Morgan fingerprint density at radius 3 is 2.86 bits per heavy atom. The molecule has 0 radical (unpaired) electrons. The van der Waals surface area contributed by atoms with Crippen LogP contribution in [0.15, 0.2) is 24.3 Å². The van der Waals surface area contributed by atoms with Crippen LogP contribution in [0.25, 0.3) is 0 Å². The standard InChI is InChI=1S/C16H26N2O3S/c1-3-22(19,20)17-10-12-18-11-6-8-15(18)13-14-7-4-5-9-16(14)21-2/h4-5,7,9,15,17H,3,6,8,10-13H2,1-2H3. The van der Waals surface area contributed by atoms with Crippen molar-refractivity contribution in [1.29, 1.82) is 0 Å². The predicted octanol–water partition coefficient (Wildman–Crippen LogP) is 1.64. The molecule has 1 aliphatic heterocycles. The third kappa shape index (κ3) is 4.69. The topological polar surface area (TPSA) is 58.6 Å². The Bertz CT molecular complexity index is 575. The van der Waals surface area contributed by atoms with Gasteiger partial charge in [0.05, 0.1) is 12.9 Å². The molecule has 1 aromatic carbocycles. The van der Waals surface area contributed by atoms with Crippen molar-refractivity contribution < 1.29 is 13.2 Å².